The minimum atomic E-state index is -0.714. The molecule has 0 spiro atoms. The first-order chi connectivity index (χ1) is 15.4. The van der Waals surface area contributed by atoms with Crippen molar-refractivity contribution >= 4 is 44.6 Å². The average Bonchev–Trinajstić information content (AvgIpc) is 3.36. The molecule has 2 fully saturated rings. The highest BCUT2D eigenvalue weighted by Crippen LogP contribution is 2.28. The molecule has 0 saturated carbocycles. The van der Waals surface area contributed by atoms with E-state index in [2.05, 4.69) is 5.32 Å². The van der Waals surface area contributed by atoms with E-state index in [1.165, 1.54) is 0 Å². The van der Waals surface area contributed by atoms with Gasteiger partial charge in [0.2, 0.25) is 5.91 Å². The second-order valence-electron chi connectivity index (χ2n) is 8.68. The quantitative estimate of drug-likeness (QED) is 0.595. The number of Topliss-reactive ketones (excluding diaryl/α,β-unsaturated/α-hetero) is 1. The van der Waals surface area contributed by atoms with Crippen molar-refractivity contribution in [1.29, 1.82) is 0 Å². The molecule has 3 atom stereocenters. The summed E-state index contributed by atoms with van der Waals surface area (Å²) in [4.78, 5) is 40.2. The van der Waals surface area contributed by atoms with Crippen LogP contribution >= 0.6 is 27.0 Å². The molecule has 2 saturated heterocycles. The molecule has 7 nitrogen and oxygen atoms in total. The number of carbonyl (C=O) groups excluding carboxylic acids is 3. The van der Waals surface area contributed by atoms with Gasteiger partial charge in [0.25, 0.3) is 5.91 Å². The third-order valence-corrected chi connectivity index (χ3v) is 5.78. The minimum absolute atomic E-state index is 0. The monoisotopic (exact) mass is 520 g/mol. The first-order valence-corrected chi connectivity index (χ1v) is 11.0. The molecule has 1 N–H and O–H groups in total. The highest BCUT2D eigenvalue weighted by molar-refractivity contribution is 7.59. The normalized spacial score (nSPS) is 19.1. The molecule has 0 radical (unpaired) electrons. The number of likely N-dealkylation sites (tertiary alicyclic amines) is 1. The molecule has 2 aliphatic heterocycles. The molecule has 0 aliphatic carbocycles. The van der Waals surface area contributed by atoms with E-state index < -0.39 is 12.1 Å². The first-order valence-electron chi connectivity index (χ1n) is 11.0. The topological polar surface area (TPSA) is 84.9 Å². The van der Waals surface area contributed by atoms with Gasteiger partial charge >= 0.3 is 0 Å². The highest BCUT2D eigenvalue weighted by atomic mass is 32.1. The van der Waals surface area contributed by atoms with Gasteiger partial charge in [0, 0.05) is 12.1 Å². The van der Waals surface area contributed by atoms with Gasteiger partial charge in [0.1, 0.15) is 30.2 Å². The number of ether oxygens (including phenoxy) is 2. The highest BCUT2D eigenvalue weighted by Gasteiger charge is 2.48. The van der Waals surface area contributed by atoms with Crippen LogP contribution < -0.4 is 10.1 Å². The number of hydrogen-bond acceptors (Lipinski definition) is 5. The van der Waals surface area contributed by atoms with Crippen LogP contribution in [0.1, 0.15) is 44.5 Å². The van der Waals surface area contributed by atoms with Gasteiger partial charge in [-0.15, -0.1) is 0 Å². The Morgan fingerprint density at radius 1 is 1.09 bits per heavy atom. The van der Waals surface area contributed by atoms with Gasteiger partial charge in [-0.2, -0.15) is 27.0 Å². The van der Waals surface area contributed by atoms with E-state index in [0.29, 0.717) is 36.4 Å². The van der Waals surface area contributed by atoms with Gasteiger partial charge < -0.3 is 19.7 Å². The van der Waals surface area contributed by atoms with Crippen molar-refractivity contribution in [3.05, 3.63) is 60.2 Å². The van der Waals surface area contributed by atoms with Crippen molar-refractivity contribution in [2.45, 2.75) is 52.3 Å². The lowest BCUT2D eigenvalue weighted by Crippen LogP contribution is -2.52. The number of nitrogens with zero attached hydrogens (tertiary/aromatic N) is 1. The number of hydrogen-bond donors (Lipinski definition) is 1. The Morgan fingerprint density at radius 2 is 1.77 bits per heavy atom. The molecule has 2 aromatic carbocycles. The van der Waals surface area contributed by atoms with Crippen LogP contribution in [0.3, 0.4) is 0 Å². The predicted octanol–water partition coefficient (Wildman–Crippen LogP) is 4.05. The van der Waals surface area contributed by atoms with Gasteiger partial charge in [0.05, 0.1) is 6.10 Å². The van der Waals surface area contributed by atoms with Crippen LogP contribution in [-0.4, -0.2) is 53.8 Å². The summed E-state index contributed by atoms with van der Waals surface area (Å²) in [6, 6.07) is 14.9. The average molecular weight is 521 g/mol. The molecule has 2 aliphatic rings. The first kappa shape index (κ1) is 30.5. The zero-order valence-corrected chi connectivity index (χ0v) is 21.3. The van der Waals surface area contributed by atoms with Crippen molar-refractivity contribution < 1.29 is 23.9 Å². The van der Waals surface area contributed by atoms with Gasteiger partial charge in [0.15, 0.2) is 5.78 Å². The summed E-state index contributed by atoms with van der Waals surface area (Å²) in [5.74, 6) is 0.742. The molecule has 2 aromatic rings. The summed E-state index contributed by atoms with van der Waals surface area (Å²) in [5, 5.41) is 2.89. The summed E-state index contributed by atoms with van der Waals surface area (Å²) in [6.07, 6.45) is 0.894. The standard InChI is InChI=1S/C25H28N2O5.CH4.2H2S/c1-16(2)13-20(25(30)27-12-11-22-23(27)21(28)15-31-22)26-24(29)17-7-6-10-19(14-17)32-18-8-4-3-5-9-18;;;/h3-10,14,16,20,22-23H,11-13,15H2,1-2H3,(H,26,29);1H4;2*1H2/t20-,22+,23+;;;/m0.../s1. The van der Waals surface area contributed by atoms with Crippen molar-refractivity contribution in [2.24, 2.45) is 5.92 Å². The largest absolute Gasteiger partial charge is 0.457 e. The van der Waals surface area contributed by atoms with Crippen molar-refractivity contribution in [1.82, 2.24) is 10.2 Å². The molecule has 35 heavy (non-hydrogen) atoms. The molecule has 2 amide bonds. The molecule has 9 heteroatoms. The molecule has 0 unspecified atom stereocenters. The van der Waals surface area contributed by atoms with Crippen LogP contribution in [0.2, 0.25) is 0 Å². The summed E-state index contributed by atoms with van der Waals surface area (Å²) in [7, 11) is 0. The van der Waals surface area contributed by atoms with E-state index in [-0.39, 0.29) is 70.6 Å². The molecule has 2 heterocycles. The van der Waals surface area contributed by atoms with Crippen LogP contribution in [0.25, 0.3) is 0 Å². The fraction of sp³-hybridized carbons (Fsp3) is 0.423. The van der Waals surface area contributed by atoms with Gasteiger partial charge in [-0.1, -0.05) is 45.5 Å². The second kappa shape index (κ2) is 13.6. The lowest BCUT2D eigenvalue weighted by Gasteiger charge is -2.28. The van der Waals surface area contributed by atoms with Crippen LogP contribution in [0.4, 0.5) is 0 Å². The van der Waals surface area contributed by atoms with Crippen molar-refractivity contribution in [2.75, 3.05) is 13.2 Å². The summed E-state index contributed by atoms with van der Waals surface area (Å²) >= 11 is 0. The SMILES string of the molecule is C.CC(C)C[C@H](NC(=O)c1cccc(Oc2ccccc2)c1)C(=O)N1CC[C@H]2OCC(=O)[C@H]21.S.S. The minimum Gasteiger partial charge on any atom is -0.457 e. The van der Waals surface area contributed by atoms with E-state index in [9.17, 15) is 14.4 Å². The van der Waals surface area contributed by atoms with Gasteiger partial charge in [-0.05, 0) is 49.1 Å². The van der Waals surface area contributed by atoms with Crippen molar-refractivity contribution in [3.8, 4) is 11.5 Å². The van der Waals surface area contributed by atoms with E-state index in [1.807, 2.05) is 44.2 Å². The van der Waals surface area contributed by atoms with Gasteiger partial charge in [-0.3, -0.25) is 14.4 Å². The maximum Gasteiger partial charge on any atom is 0.252 e. The van der Waals surface area contributed by atoms with E-state index >= 15 is 0 Å². The molecule has 4 rings (SSSR count). The van der Waals surface area contributed by atoms with E-state index in [4.69, 9.17) is 9.47 Å². The molecular weight excluding hydrogens is 484 g/mol. The molecular formula is C26H36N2O5S2. The Morgan fingerprint density at radius 3 is 2.46 bits per heavy atom. The molecule has 0 aromatic heterocycles. The number of benzene rings is 2. The Bertz CT molecular complexity index is 1000. The van der Waals surface area contributed by atoms with E-state index in [1.54, 1.807) is 29.2 Å². The number of para-hydroxylation sites is 1. The molecule has 192 valence electrons. The smallest absolute Gasteiger partial charge is 0.252 e. The van der Waals surface area contributed by atoms with Crippen LogP contribution in [0.15, 0.2) is 54.6 Å². The maximum absolute atomic E-state index is 13.3. The lowest BCUT2D eigenvalue weighted by molar-refractivity contribution is -0.138. The van der Waals surface area contributed by atoms with Crippen LogP contribution in [-0.2, 0) is 14.3 Å². The Hall–Kier alpha value is -2.49. The maximum atomic E-state index is 13.3. The predicted molar refractivity (Wildman–Crippen MR) is 146 cm³/mol. The number of fused-ring (bicyclic) bond motifs is 1. The second-order valence-corrected chi connectivity index (χ2v) is 8.68. The Labute approximate surface area is 221 Å². The summed E-state index contributed by atoms with van der Waals surface area (Å²) in [5.41, 5.74) is 0.402. The van der Waals surface area contributed by atoms with Crippen molar-refractivity contribution in [3.63, 3.8) is 0 Å². The number of rotatable bonds is 7. The zero-order valence-electron chi connectivity index (χ0n) is 19.3. The summed E-state index contributed by atoms with van der Waals surface area (Å²) in [6.45, 7) is 4.51. The van der Waals surface area contributed by atoms with Gasteiger partial charge in [-0.25, -0.2) is 0 Å². The fourth-order valence-electron chi connectivity index (χ4n) is 4.30. The summed E-state index contributed by atoms with van der Waals surface area (Å²) < 4.78 is 11.3. The number of nitrogens with one attached hydrogen (secondary N) is 1. The number of amides is 2. The van der Waals surface area contributed by atoms with Crippen LogP contribution in [0, 0.1) is 5.92 Å². The number of ketones is 1. The Kier molecular flexibility index (Phi) is 11.8. The van der Waals surface area contributed by atoms with Crippen LogP contribution in [0.5, 0.6) is 11.5 Å². The Balaban J connectivity index is 0.00000204. The third kappa shape index (κ3) is 7.25. The zero-order chi connectivity index (χ0) is 22.7. The van der Waals surface area contributed by atoms with E-state index in [0.717, 1.165) is 0 Å². The third-order valence-electron chi connectivity index (χ3n) is 5.78. The fourth-order valence-corrected chi connectivity index (χ4v) is 4.30. The number of carbonyl (C=O) groups is 3. The molecule has 0 bridgehead atoms. The lowest BCUT2D eigenvalue weighted by atomic mass is 10.0.